The summed E-state index contributed by atoms with van der Waals surface area (Å²) in [6, 6.07) is 4.83. The molecule has 1 saturated heterocycles. The number of carbonyl (C=O) groups is 1. The number of benzene rings is 1. The maximum Gasteiger partial charge on any atom is 0.254 e. The van der Waals surface area contributed by atoms with Crippen LogP contribution in [0.4, 0.5) is 4.39 Å². The van der Waals surface area contributed by atoms with E-state index in [9.17, 15) is 9.18 Å². The van der Waals surface area contributed by atoms with E-state index in [-0.39, 0.29) is 17.8 Å². The zero-order valence-electron chi connectivity index (χ0n) is 11.3. The molecule has 0 saturated carbocycles. The van der Waals surface area contributed by atoms with Crippen LogP contribution in [0.25, 0.3) is 0 Å². The highest BCUT2D eigenvalue weighted by atomic mass is 32.2. The average molecular weight is 282 g/mol. The third-order valence-corrected chi connectivity index (χ3v) is 3.95. The molecular formula is C14H19FN2OS. The normalized spacial score (nSPS) is 19.5. The molecule has 0 bridgehead atoms. The SMILES string of the molecule is CSCc1cc(C(=O)N2CCNCC2C)ccc1F. The Balaban J connectivity index is 2.20. The summed E-state index contributed by atoms with van der Waals surface area (Å²) in [5, 5.41) is 3.25. The van der Waals surface area contributed by atoms with Gasteiger partial charge in [0.05, 0.1) is 0 Å². The number of nitrogens with one attached hydrogen (secondary N) is 1. The van der Waals surface area contributed by atoms with Gasteiger partial charge in [0, 0.05) is 37.0 Å². The Morgan fingerprint density at radius 3 is 3.05 bits per heavy atom. The first-order valence-corrected chi connectivity index (χ1v) is 7.82. The van der Waals surface area contributed by atoms with Gasteiger partial charge in [-0.2, -0.15) is 11.8 Å². The molecule has 19 heavy (non-hydrogen) atoms. The topological polar surface area (TPSA) is 32.3 Å². The van der Waals surface area contributed by atoms with E-state index in [1.807, 2.05) is 18.1 Å². The molecule has 1 aliphatic rings. The van der Waals surface area contributed by atoms with Crippen molar-refractivity contribution in [3.8, 4) is 0 Å². The van der Waals surface area contributed by atoms with Gasteiger partial charge in [-0.1, -0.05) is 0 Å². The van der Waals surface area contributed by atoms with Crippen LogP contribution in [0.5, 0.6) is 0 Å². The number of hydrogen-bond acceptors (Lipinski definition) is 3. The molecule has 1 heterocycles. The van der Waals surface area contributed by atoms with Gasteiger partial charge in [-0.05, 0) is 36.9 Å². The molecule has 1 aliphatic heterocycles. The Hall–Kier alpha value is -1.07. The molecule has 2 rings (SSSR count). The highest BCUT2D eigenvalue weighted by Gasteiger charge is 2.24. The van der Waals surface area contributed by atoms with Gasteiger partial charge in [0.1, 0.15) is 5.82 Å². The standard InChI is InChI=1S/C14H19FN2OS/c1-10-8-16-5-6-17(10)14(18)11-3-4-13(15)12(7-11)9-19-2/h3-4,7,10,16H,5-6,8-9H2,1-2H3. The molecule has 3 nitrogen and oxygen atoms in total. The number of piperazine rings is 1. The summed E-state index contributed by atoms with van der Waals surface area (Å²) < 4.78 is 13.6. The van der Waals surface area contributed by atoms with Crippen molar-refractivity contribution in [3.63, 3.8) is 0 Å². The second-order valence-electron chi connectivity index (χ2n) is 4.79. The lowest BCUT2D eigenvalue weighted by molar-refractivity contribution is 0.0655. The molecule has 1 aromatic carbocycles. The first-order valence-electron chi connectivity index (χ1n) is 6.42. The van der Waals surface area contributed by atoms with E-state index in [1.165, 1.54) is 6.07 Å². The third-order valence-electron chi connectivity index (χ3n) is 3.35. The van der Waals surface area contributed by atoms with E-state index in [0.29, 0.717) is 23.4 Å². The van der Waals surface area contributed by atoms with E-state index in [1.54, 1.807) is 23.9 Å². The fourth-order valence-corrected chi connectivity index (χ4v) is 2.81. The number of hydrogen-bond donors (Lipinski definition) is 1. The van der Waals surface area contributed by atoms with E-state index in [4.69, 9.17) is 0 Å². The van der Waals surface area contributed by atoms with Gasteiger partial charge < -0.3 is 10.2 Å². The maximum absolute atomic E-state index is 13.6. The zero-order chi connectivity index (χ0) is 13.8. The van der Waals surface area contributed by atoms with E-state index >= 15 is 0 Å². The third kappa shape index (κ3) is 3.28. The zero-order valence-corrected chi connectivity index (χ0v) is 12.1. The van der Waals surface area contributed by atoms with Gasteiger partial charge in [0.2, 0.25) is 0 Å². The van der Waals surface area contributed by atoms with Crippen molar-refractivity contribution >= 4 is 17.7 Å². The van der Waals surface area contributed by atoms with Gasteiger partial charge in [0.15, 0.2) is 0 Å². The fraction of sp³-hybridized carbons (Fsp3) is 0.500. The van der Waals surface area contributed by atoms with Crippen LogP contribution in [0, 0.1) is 5.82 Å². The number of thioether (sulfide) groups is 1. The van der Waals surface area contributed by atoms with Crippen molar-refractivity contribution in [1.29, 1.82) is 0 Å². The predicted octanol–water partition coefficient (Wildman–Crippen LogP) is 2.12. The van der Waals surface area contributed by atoms with Crippen molar-refractivity contribution in [3.05, 3.63) is 35.1 Å². The Morgan fingerprint density at radius 2 is 2.37 bits per heavy atom. The van der Waals surface area contributed by atoms with Crippen molar-refractivity contribution in [2.24, 2.45) is 0 Å². The van der Waals surface area contributed by atoms with Crippen LogP contribution >= 0.6 is 11.8 Å². The van der Waals surface area contributed by atoms with Crippen LogP contribution in [-0.4, -0.2) is 42.7 Å². The van der Waals surface area contributed by atoms with Crippen LogP contribution in [0.2, 0.25) is 0 Å². The van der Waals surface area contributed by atoms with Crippen molar-refractivity contribution < 1.29 is 9.18 Å². The Labute approximate surface area is 117 Å². The lowest BCUT2D eigenvalue weighted by Crippen LogP contribution is -2.52. The van der Waals surface area contributed by atoms with E-state index in [2.05, 4.69) is 5.32 Å². The minimum Gasteiger partial charge on any atom is -0.333 e. The molecule has 1 fully saturated rings. The van der Waals surface area contributed by atoms with Crippen LogP contribution in [0.3, 0.4) is 0 Å². The highest BCUT2D eigenvalue weighted by Crippen LogP contribution is 2.18. The second kappa shape index (κ2) is 6.39. The first kappa shape index (κ1) is 14.3. The predicted molar refractivity (Wildman–Crippen MR) is 77.0 cm³/mol. The van der Waals surface area contributed by atoms with Gasteiger partial charge in [-0.3, -0.25) is 4.79 Å². The summed E-state index contributed by atoms with van der Waals surface area (Å²) in [5.41, 5.74) is 1.18. The smallest absolute Gasteiger partial charge is 0.254 e. The monoisotopic (exact) mass is 282 g/mol. The lowest BCUT2D eigenvalue weighted by Gasteiger charge is -2.34. The minimum atomic E-state index is -0.237. The number of nitrogens with zero attached hydrogens (tertiary/aromatic N) is 1. The number of amides is 1. The number of carbonyl (C=O) groups excluding carboxylic acids is 1. The molecule has 1 N–H and O–H groups in total. The summed E-state index contributed by atoms with van der Waals surface area (Å²) in [7, 11) is 0. The molecule has 1 aromatic rings. The molecular weight excluding hydrogens is 263 g/mol. The minimum absolute atomic E-state index is 0.00338. The van der Waals surface area contributed by atoms with Crippen molar-refractivity contribution in [2.75, 3.05) is 25.9 Å². The number of rotatable bonds is 3. The molecule has 0 radical (unpaired) electrons. The quantitative estimate of drug-likeness (QED) is 0.921. The molecule has 1 atom stereocenters. The first-order chi connectivity index (χ1) is 9.13. The van der Waals surface area contributed by atoms with Crippen LogP contribution in [-0.2, 0) is 5.75 Å². The Morgan fingerprint density at radius 1 is 1.58 bits per heavy atom. The number of halogens is 1. The van der Waals surface area contributed by atoms with Crippen molar-refractivity contribution in [1.82, 2.24) is 10.2 Å². The van der Waals surface area contributed by atoms with Crippen molar-refractivity contribution in [2.45, 2.75) is 18.7 Å². The van der Waals surface area contributed by atoms with Gasteiger partial charge in [0.25, 0.3) is 5.91 Å². The van der Waals surface area contributed by atoms with Gasteiger partial charge >= 0.3 is 0 Å². The van der Waals surface area contributed by atoms with Crippen LogP contribution in [0.1, 0.15) is 22.8 Å². The highest BCUT2D eigenvalue weighted by molar-refractivity contribution is 7.97. The largest absolute Gasteiger partial charge is 0.333 e. The van der Waals surface area contributed by atoms with Gasteiger partial charge in [-0.15, -0.1) is 0 Å². The molecule has 0 aliphatic carbocycles. The van der Waals surface area contributed by atoms with Gasteiger partial charge in [-0.25, -0.2) is 4.39 Å². The van der Waals surface area contributed by atoms with E-state index < -0.39 is 0 Å². The molecule has 1 unspecified atom stereocenters. The lowest BCUT2D eigenvalue weighted by atomic mass is 10.1. The van der Waals surface area contributed by atoms with E-state index in [0.717, 1.165) is 13.1 Å². The summed E-state index contributed by atoms with van der Waals surface area (Å²) in [6.07, 6.45) is 1.92. The summed E-state index contributed by atoms with van der Waals surface area (Å²) in [4.78, 5) is 14.3. The molecule has 0 spiro atoms. The van der Waals surface area contributed by atoms with Crippen LogP contribution in [0.15, 0.2) is 18.2 Å². The average Bonchev–Trinajstić information content (AvgIpc) is 2.41. The summed E-state index contributed by atoms with van der Waals surface area (Å²) >= 11 is 1.55. The van der Waals surface area contributed by atoms with Crippen LogP contribution < -0.4 is 5.32 Å². The summed E-state index contributed by atoms with van der Waals surface area (Å²) in [5.74, 6) is 0.347. The Kier molecular flexibility index (Phi) is 4.82. The maximum atomic E-state index is 13.6. The molecule has 0 aromatic heterocycles. The molecule has 104 valence electrons. The molecule has 1 amide bonds. The summed E-state index contributed by atoms with van der Waals surface area (Å²) in [6.45, 7) is 4.35. The molecule has 5 heteroatoms. The fourth-order valence-electron chi connectivity index (χ4n) is 2.28. The second-order valence-corrected chi connectivity index (χ2v) is 5.66. The Bertz CT molecular complexity index is 467.